The maximum Gasteiger partial charge on any atom is 0.136 e. The molecular formula is C59H38O. The molecule has 1 aromatic heterocycles. The third-order valence-corrected chi connectivity index (χ3v) is 13.7. The predicted molar refractivity (Wildman–Crippen MR) is 255 cm³/mol. The molecule has 0 bridgehead atoms. The first-order valence-electron chi connectivity index (χ1n) is 21.0. The third-order valence-electron chi connectivity index (χ3n) is 13.7. The number of fused-ring (bicyclic) bond motifs is 13. The summed E-state index contributed by atoms with van der Waals surface area (Å²) in [5, 5.41) is 15.0. The van der Waals surface area contributed by atoms with E-state index in [1.54, 1.807) is 0 Å². The van der Waals surface area contributed by atoms with E-state index in [0.29, 0.717) is 0 Å². The predicted octanol–water partition coefficient (Wildman–Crippen LogP) is 16.7. The third kappa shape index (κ3) is 4.52. The molecule has 0 fully saturated rings. The smallest absolute Gasteiger partial charge is 0.136 e. The van der Waals surface area contributed by atoms with Crippen molar-refractivity contribution >= 4 is 75.8 Å². The second kappa shape index (κ2) is 12.3. The van der Waals surface area contributed by atoms with Gasteiger partial charge >= 0.3 is 0 Å². The fraction of sp³-hybridized carbons (Fsp3) is 0.0508. The second-order valence-electron chi connectivity index (χ2n) is 17.1. The van der Waals surface area contributed by atoms with Crippen molar-refractivity contribution in [3.8, 4) is 44.5 Å². The minimum Gasteiger partial charge on any atom is -0.456 e. The summed E-state index contributed by atoms with van der Waals surface area (Å²) >= 11 is 0. The summed E-state index contributed by atoms with van der Waals surface area (Å²) in [5.41, 5.74) is 14.6. The average Bonchev–Trinajstić information content (AvgIpc) is 3.79. The van der Waals surface area contributed by atoms with Crippen molar-refractivity contribution in [1.29, 1.82) is 0 Å². The Morgan fingerprint density at radius 1 is 0.317 bits per heavy atom. The van der Waals surface area contributed by atoms with Crippen LogP contribution in [0.3, 0.4) is 0 Å². The summed E-state index contributed by atoms with van der Waals surface area (Å²) in [6, 6.07) is 71.9. The van der Waals surface area contributed by atoms with Gasteiger partial charge in [-0.3, -0.25) is 0 Å². The maximum absolute atomic E-state index is 6.41. The molecule has 1 heterocycles. The second-order valence-corrected chi connectivity index (χ2v) is 17.1. The largest absolute Gasteiger partial charge is 0.456 e. The number of furan rings is 1. The molecule has 0 amide bonds. The summed E-state index contributed by atoms with van der Waals surface area (Å²) in [7, 11) is 0. The molecule has 0 saturated carbocycles. The first-order valence-corrected chi connectivity index (χ1v) is 21.0. The Morgan fingerprint density at radius 3 is 1.57 bits per heavy atom. The summed E-state index contributed by atoms with van der Waals surface area (Å²) in [6.45, 7) is 4.78. The van der Waals surface area contributed by atoms with Crippen LogP contribution in [0.1, 0.15) is 25.0 Å². The van der Waals surface area contributed by atoms with Crippen molar-refractivity contribution < 1.29 is 4.42 Å². The van der Waals surface area contributed by atoms with E-state index < -0.39 is 0 Å². The summed E-state index contributed by atoms with van der Waals surface area (Å²) in [5.74, 6) is 0. The molecule has 1 heteroatoms. The van der Waals surface area contributed by atoms with Gasteiger partial charge in [-0.15, -0.1) is 0 Å². The molecule has 0 aliphatic heterocycles. The molecule has 1 aliphatic rings. The van der Waals surface area contributed by atoms with Gasteiger partial charge in [-0.05, 0) is 122 Å². The lowest BCUT2D eigenvalue weighted by atomic mass is 9.80. The van der Waals surface area contributed by atoms with Crippen LogP contribution < -0.4 is 0 Å². The van der Waals surface area contributed by atoms with E-state index in [1.165, 1.54) is 120 Å². The lowest BCUT2D eigenvalue weighted by Gasteiger charge is -2.23. The molecule has 1 nitrogen and oxygen atoms in total. The van der Waals surface area contributed by atoms with Crippen molar-refractivity contribution in [1.82, 2.24) is 0 Å². The SMILES string of the molecule is CC1(C)c2cc(-c3ccc(-c4c5ccccc5c(-c5cccc6ccccc56)c5ccccc45)c4ccccc34)ccc2-c2c1ccc1ccc3oc4ccccc4c3c21. The van der Waals surface area contributed by atoms with Gasteiger partial charge in [0.2, 0.25) is 0 Å². The quantitative estimate of drug-likeness (QED) is 0.163. The van der Waals surface area contributed by atoms with Crippen LogP contribution in [-0.2, 0) is 5.41 Å². The highest BCUT2D eigenvalue weighted by atomic mass is 16.3. The van der Waals surface area contributed by atoms with Gasteiger partial charge in [0.1, 0.15) is 11.2 Å². The lowest BCUT2D eigenvalue weighted by Crippen LogP contribution is -2.15. The molecule has 12 aromatic rings. The molecule has 11 aromatic carbocycles. The number of rotatable bonds is 3. The van der Waals surface area contributed by atoms with E-state index in [-0.39, 0.29) is 5.41 Å². The Morgan fingerprint density at radius 2 is 0.850 bits per heavy atom. The van der Waals surface area contributed by atoms with Gasteiger partial charge in [0.15, 0.2) is 0 Å². The van der Waals surface area contributed by atoms with Crippen LogP contribution in [0.4, 0.5) is 0 Å². The van der Waals surface area contributed by atoms with E-state index >= 15 is 0 Å². The molecule has 0 saturated heterocycles. The number of hydrogen-bond acceptors (Lipinski definition) is 1. The molecule has 0 atom stereocenters. The van der Waals surface area contributed by atoms with Gasteiger partial charge < -0.3 is 4.42 Å². The van der Waals surface area contributed by atoms with Crippen LogP contribution >= 0.6 is 0 Å². The van der Waals surface area contributed by atoms with Gasteiger partial charge in [0.05, 0.1) is 0 Å². The Bertz CT molecular complexity index is 3740. The van der Waals surface area contributed by atoms with Gasteiger partial charge in [-0.2, -0.15) is 0 Å². The molecule has 0 radical (unpaired) electrons. The van der Waals surface area contributed by atoms with Crippen LogP contribution in [0, 0.1) is 0 Å². The standard InChI is InChI=1S/C59H38O/c1-59(2)50-32-27-36-28-33-53-58(49-23-11-12-25-52(49)60-53)54(36)57(50)48-29-26-37(34-51(48)59)39-30-31-47(41-18-6-5-17-40(39)41)56-45-21-9-7-19-43(45)55(44-20-8-10-22-46(44)56)42-24-13-15-35-14-3-4-16-38(35)42/h3-34H,1-2H3. The van der Waals surface area contributed by atoms with Gasteiger partial charge in [0.25, 0.3) is 0 Å². The first-order chi connectivity index (χ1) is 29.5. The van der Waals surface area contributed by atoms with Gasteiger partial charge in [0, 0.05) is 21.6 Å². The molecule has 1 aliphatic carbocycles. The monoisotopic (exact) mass is 762 g/mol. The van der Waals surface area contributed by atoms with Crippen LogP contribution in [0.5, 0.6) is 0 Å². The van der Waals surface area contributed by atoms with Crippen molar-refractivity contribution in [2.75, 3.05) is 0 Å². The van der Waals surface area contributed by atoms with Crippen LogP contribution in [0.25, 0.3) is 120 Å². The van der Waals surface area contributed by atoms with E-state index in [4.69, 9.17) is 4.42 Å². The topological polar surface area (TPSA) is 13.1 Å². The van der Waals surface area contributed by atoms with Crippen LogP contribution in [0.2, 0.25) is 0 Å². The lowest BCUT2D eigenvalue weighted by molar-refractivity contribution is 0.661. The minimum atomic E-state index is -0.185. The maximum atomic E-state index is 6.41. The normalized spacial score (nSPS) is 13.3. The van der Waals surface area contributed by atoms with E-state index in [9.17, 15) is 0 Å². The minimum absolute atomic E-state index is 0.185. The fourth-order valence-electron chi connectivity index (χ4n) is 10.9. The fourth-order valence-corrected chi connectivity index (χ4v) is 10.9. The number of benzene rings is 11. The highest BCUT2D eigenvalue weighted by Crippen LogP contribution is 2.55. The highest BCUT2D eigenvalue weighted by Gasteiger charge is 2.37. The Labute approximate surface area is 347 Å². The van der Waals surface area contributed by atoms with Crippen molar-refractivity contribution in [3.05, 3.63) is 205 Å². The molecule has 0 spiro atoms. The number of hydrogen-bond donors (Lipinski definition) is 0. The zero-order valence-corrected chi connectivity index (χ0v) is 33.4. The van der Waals surface area contributed by atoms with Crippen molar-refractivity contribution in [2.45, 2.75) is 19.3 Å². The first kappa shape index (κ1) is 33.5. The summed E-state index contributed by atoms with van der Waals surface area (Å²) in [6.07, 6.45) is 0. The summed E-state index contributed by atoms with van der Waals surface area (Å²) < 4.78 is 6.41. The molecular weight excluding hydrogens is 725 g/mol. The van der Waals surface area contributed by atoms with E-state index in [2.05, 4.69) is 208 Å². The van der Waals surface area contributed by atoms with E-state index in [1.807, 2.05) is 0 Å². The zero-order chi connectivity index (χ0) is 39.7. The molecule has 0 N–H and O–H groups in total. The molecule has 0 unspecified atom stereocenters. The average molecular weight is 763 g/mol. The molecule has 60 heavy (non-hydrogen) atoms. The van der Waals surface area contributed by atoms with Gasteiger partial charge in [-0.25, -0.2) is 0 Å². The van der Waals surface area contributed by atoms with Gasteiger partial charge in [-0.1, -0.05) is 190 Å². The van der Waals surface area contributed by atoms with Crippen LogP contribution in [0.15, 0.2) is 199 Å². The van der Waals surface area contributed by atoms with Crippen LogP contribution in [-0.4, -0.2) is 0 Å². The molecule has 280 valence electrons. The highest BCUT2D eigenvalue weighted by molar-refractivity contribution is 6.27. The Balaban J connectivity index is 1.03. The Kier molecular flexibility index (Phi) is 6.85. The Hall–Kier alpha value is -7.48. The van der Waals surface area contributed by atoms with Crippen molar-refractivity contribution in [2.24, 2.45) is 0 Å². The summed E-state index contributed by atoms with van der Waals surface area (Å²) in [4.78, 5) is 0. The van der Waals surface area contributed by atoms with Crippen molar-refractivity contribution in [3.63, 3.8) is 0 Å². The van der Waals surface area contributed by atoms with E-state index in [0.717, 1.165) is 11.2 Å². The molecule has 13 rings (SSSR count). The zero-order valence-electron chi connectivity index (χ0n) is 33.4. The number of para-hydroxylation sites is 1.